The van der Waals surface area contributed by atoms with Gasteiger partial charge in [-0.3, -0.25) is 14.3 Å². The fourth-order valence-electron chi connectivity index (χ4n) is 2.54. The van der Waals surface area contributed by atoms with Gasteiger partial charge in [0.2, 0.25) is 15.8 Å². The minimum Gasteiger partial charge on any atom is -0.493 e. The second kappa shape index (κ2) is 9.83. The molecule has 0 spiro atoms. The summed E-state index contributed by atoms with van der Waals surface area (Å²) in [6, 6.07) is 9.52. The quantitative estimate of drug-likeness (QED) is 0.500. The van der Waals surface area contributed by atoms with E-state index in [1.807, 2.05) is 0 Å². The lowest BCUT2D eigenvalue weighted by Crippen LogP contribution is -2.23. The monoisotopic (exact) mass is 437 g/mol. The highest BCUT2D eigenvalue weighted by molar-refractivity contribution is 7.92. The van der Waals surface area contributed by atoms with Crippen molar-refractivity contribution < 1.29 is 32.2 Å². The van der Waals surface area contributed by atoms with Crippen molar-refractivity contribution in [2.24, 2.45) is 5.73 Å². The van der Waals surface area contributed by atoms with Gasteiger partial charge in [0, 0.05) is 17.8 Å². The van der Waals surface area contributed by atoms with E-state index in [1.165, 1.54) is 26.4 Å². The summed E-state index contributed by atoms with van der Waals surface area (Å²) in [5, 5.41) is 2.74. The lowest BCUT2D eigenvalue weighted by Gasteiger charge is -2.15. The van der Waals surface area contributed by atoms with E-state index in [0.29, 0.717) is 11.3 Å². The van der Waals surface area contributed by atoms with E-state index in [-0.39, 0.29) is 36.0 Å². The predicted octanol–water partition coefficient (Wildman–Crippen LogP) is 0.869. The standard InChI is InChI=1S/C19H23N3O7S/c1-27-15-8-13(9-16(28-2)18(15)29-11-17(20)23)19(24)21-10-12-5-4-6-14(7-12)22-30(3,25)26/h4-9,22H,10-11H2,1-3H3,(H2,20,23)(H,21,24). The Balaban J connectivity index is 2.17. The molecular formula is C19H23N3O7S. The van der Waals surface area contributed by atoms with E-state index in [2.05, 4.69) is 10.0 Å². The Morgan fingerprint density at radius 3 is 2.23 bits per heavy atom. The van der Waals surface area contributed by atoms with E-state index >= 15 is 0 Å². The smallest absolute Gasteiger partial charge is 0.255 e. The summed E-state index contributed by atoms with van der Waals surface area (Å²) in [5.74, 6) is -0.557. The van der Waals surface area contributed by atoms with Crippen LogP contribution in [0.25, 0.3) is 0 Å². The van der Waals surface area contributed by atoms with Gasteiger partial charge < -0.3 is 25.3 Å². The van der Waals surface area contributed by atoms with Crippen LogP contribution in [0.1, 0.15) is 15.9 Å². The number of anilines is 1. The molecule has 2 aromatic rings. The Hall–Kier alpha value is -3.47. The van der Waals surface area contributed by atoms with Gasteiger partial charge in [0.1, 0.15) is 0 Å². The summed E-state index contributed by atoms with van der Waals surface area (Å²) in [6.07, 6.45) is 1.05. The lowest BCUT2D eigenvalue weighted by atomic mass is 10.1. The van der Waals surface area contributed by atoms with E-state index < -0.39 is 21.8 Å². The number of methoxy groups -OCH3 is 2. The molecule has 10 nitrogen and oxygen atoms in total. The summed E-state index contributed by atoms with van der Waals surface area (Å²) in [7, 11) is -0.638. The Morgan fingerprint density at radius 2 is 1.70 bits per heavy atom. The maximum atomic E-state index is 12.6. The van der Waals surface area contributed by atoms with Crippen LogP contribution in [0, 0.1) is 0 Å². The molecule has 0 aliphatic carbocycles. The molecule has 0 saturated carbocycles. The molecule has 30 heavy (non-hydrogen) atoms. The first kappa shape index (κ1) is 22.8. The van der Waals surface area contributed by atoms with Crippen molar-refractivity contribution in [2.45, 2.75) is 6.54 Å². The van der Waals surface area contributed by atoms with E-state index in [9.17, 15) is 18.0 Å². The Labute approximate surface area is 174 Å². The van der Waals surface area contributed by atoms with Crippen molar-refractivity contribution >= 4 is 27.5 Å². The Kier molecular flexibility index (Phi) is 7.48. The normalized spacial score (nSPS) is 10.8. The molecule has 2 amide bonds. The number of hydrogen-bond acceptors (Lipinski definition) is 7. The van der Waals surface area contributed by atoms with Gasteiger partial charge in [0.05, 0.1) is 20.5 Å². The molecule has 2 rings (SSSR count). The van der Waals surface area contributed by atoms with Crippen LogP contribution in [-0.4, -0.2) is 47.3 Å². The lowest BCUT2D eigenvalue weighted by molar-refractivity contribution is -0.120. The summed E-state index contributed by atoms with van der Waals surface area (Å²) in [5.41, 5.74) is 6.41. The summed E-state index contributed by atoms with van der Waals surface area (Å²) in [6.45, 7) is -0.223. The number of hydrogen-bond donors (Lipinski definition) is 3. The number of benzene rings is 2. The molecule has 0 aliphatic rings. The molecule has 2 aromatic carbocycles. The van der Waals surface area contributed by atoms with Crippen LogP contribution in [0.4, 0.5) is 5.69 Å². The first-order valence-electron chi connectivity index (χ1n) is 8.65. The molecule has 0 atom stereocenters. The molecule has 0 unspecified atom stereocenters. The molecule has 0 aromatic heterocycles. The topological polar surface area (TPSA) is 146 Å². The zero-order chi connectivity index (χ0) is 22.3. The first-order valence-corrected chi connectivity index (χ1v) is 10.5. The minimum absolute atomic E-state index is 0.148. The molecular weight excluding hydrogens is 414 g/mol. The van der Waals surface area contributed by atoms with Gasteiger partial charge in [-0.1, -0.05) is 12.1 Å². The molecule has 0 saturated heterocycles. The molecule has 0 fully saturated rings. The highest BCUT2D eigenvalue weighted by Crippen LogP contribution is 2.38. The van der Waals surface area contributed by atoms with Crippen molar-refractivity contribution in [1.82, 2.24) is 5.32 Å². The summed E-state index contributed by atoms with van der Waals surface area (Å²) >= 11 is 0. The van der Waals surface area contributed by atoms with Gasteiger partial charge in [-0.2, -0.15) is 0 Å². The van der Waals surface area contributed by atoms with Gasteiger partial charge in [0.25, 0.3) is 11.8 Å². The molecule has 162 valence electrons. The number of ether oxygens (including phenoxy) is 3. The van der Waals surface area contributed by atoms with Gasteiger partial charge >= 0.3 is 0 Å². The maximum Gasteiger partial charge on any atom is 0.255 e. The van der Waals surface area contributed by atoms with Crippen LogP contribution in [0.2, 0.25) is 0 Å². The Morgan fingerprint density at radius 1 is 1.07 bits per heavy atom. The summed E-state index contributed by atoms with van der Waals surface area (Å²) in [4.78, 5) is 23.6. The third kappa shape index (κ3) is 6.55. The van der Waals surface area contributed by atoms with Crippen molar-refractivity contribution in [1.29, 1.82) is 0 Å². The van der Waals surface area contributed by atoms with E-state index in [0.717, 1.165) is 6.26 Å². The molecule has 0 bridgehead atoms. The second-order valence-corrected chi connectivity index (χ2v) is 7.97. The van der Waals surface area contributed by atoms with E-state index in [4.69, 9.17) is 19.9 Å². The number of amides is 2. The van der Waals surface area contributed by atoms with Crippen LogP contribution in [-0.2, 0) is 21.4 Å². The summed E-state index contributed by atoms with van der Waals surface area (Å²) < 4.78 is 40.9. The van der Waals surface area contributed by atoms with Crippen molar-refractivity contribution in [3.63, 3.8) is 0 Å². The molecule has 0 radical (unpaired) electrons. The number of rotatable bonds is 10. The van der Waals surface area contributed by atoms with Gasteiger partial charge in [0.15, 0.2) is 18.1 Å². The number of nitrogens with one attached hydrogen (secondary N) is 2. The largest absolute Gasteiger partial charge is 0.493 e. The van der Waals surface area contributed by atoms with Crippen molar-refractivity contribution in [2.75, 3.05) is 31.8 Å². The zero-order valence-electron chi connectivity index (χ0n) is 16.7. The van der Waals surface area contributed by atoms with Crippen LogP contribution < -0.4 is 30.0 Å². The third-order valence-electron chi connectivity index (χ3n) is 3.76. The van der Waals surface area contributed by atoms with Gasteiger partial charge in [-0.25, -0.2) is 8.42 Å². The molecule has 0 heterocycles. The highest BCUT2D eigenvalue weighted by Gasteiger charge is 2.18. The molecule has 0 aliphatic heterocycles. The van der Waals surface area contributed by atoms with Crippen LogP contribution in [0.5, 0.6) is 17.2 Å². The fourth-order valence-corrected chi connectivity index (χ4v) is 3.09. The van der Waals surface area contributed by atoms with Crippen LogP contribution in [0.3, 0.4) is 0 Å². The van der Waals surface area contributed by atoms with Crippen molar-refractivity contribution in [3.05, 3.63) is 47.5 Å². The number of carbonyl (C=O) groups is 2. The first-order chi connectivity index (χ1) is 14.1. The van der Waals surface area contributed by atoms with Crippen LogP contribution >= 0.6 is 0 Å². The molecule has 11 heteroatoms. The van der Waals surface area contributed by atoms with Crippen molar-refractivity contribution in [3.8, 4) is 17.2 Å². The predicted molar refractivity (Wildman–Crippen MR) is 110 cm³/mol. The number of carbonyl (C=O) groups excluding carboxylic acids is 2. The second-order valence-electron chi connectivity index (χ2n) is 6.22. The Bertz CT molecular complexity index is 1010. The highest BCUT2D eigenvalue weighted by atomic mass is 32.2. The minimum atomic E-state index is -3.40. The zero-order valence-corrected chi connectivity index (χ0v) is 17.5. The van der Waals surface area contributed by atoms with E-state index in [1.54, 1.807) is 24.3 Å². The number of primary amides is 1. The van der Waals surface area contributed by atoms with Gasteiger partial charge in [-0.15, -0.1) is 0 Å². The third-order valence-corrected chi connectivity index (χ3v) is 4.37. The van der Waals surface area contributed by atoms with Gasteiger partial charge in [-0.05, 0) is 29.8 Å². The fraction of sp³-hybridized carbons (Fsp3) is 0.263. The average molecular weight is 437 g/mol. The SMILES string of the molecule is COc1cc(C(=O)NCc2cccc(NS(C)(=O)=O)c2)cc(OC)c1OCC(N)=O. The molecule has 4 N–H and O–H groups in total. The average Bonchev–Trinajstić information content (AvgIpc) is 2.68. The maximum absolute atomic E-state index is 12.6. The van der Waals surface area contributed by atoms with Crippen LogP contribution in [0.15, 0.2) is 36.4 Å². The number of nitrogens with two attached hydrogens (primary N) is 1. The number of sulfonamides is 1.